The van der Waals surface area contributed by atoms with Gasteiger partial charge in [0.05, 0.1) is 12.3 Å². The zero-order valence-electron chi connectivity index (χ0n) is 13.9. The predicted octanol–water partition coefficient (Wildman–Crippen LogP) is 3.03. The lowest BCUT2D eigenvalue weighted by molar-refractivity contribution is -0.116. The van der Waals surface area contributed by atoms with E-state index in [1.165, 1.54) is 11.3 Å². The normalized spacial score (nSPS) is 14.0. The highest BCUT2D eigenvalue weighted by atomic mass is 32.1. The van der Waals surface area contributed by atoms with Crippen LogP contribution >= 0.6 is 11.3 Å². The fourth-order valence-corrected chi connectivity index (χ4v) is 3.49. The first kappa shape index (κ1) is 16.0. The Morgan fingerprint density at radius 2 is 2.20 bits per heavy atom. The average molecular weight is 357 g/mol. The second kappa shape index (κ2) is 6.79. The minimum absolute atomic E-state index is 0.0551. The number of ether oxygens (including phenoxy) is 1. The van der Waals surface area contributed by atoms with Crippen LogP contribution in [0.3, 0.4) is 0 Å². The van der Waals surface area contributed by atoms with Crippen LogP contribution < -0.4 is 10.1 Å². The summed E-state index contributed by atoms with van der Waals surface area (Å²) >= 11 is 1.50. The summed E-state index contributed by atoms with van der Waals surface area (Å²) in [5.74, 6) is 2.09. The SMILES string of the molecule is CCOc1ccccc1NC(=O)CCc1nn2c(C3CC3)nnc2s1. The smallest absolute Gasteiger partial charge is 0.234 e. The highest BCUT2D eigenvalue weighted by Crippen LogP contribution is 2.39. The molecule has 1 aliphatic rings. The Labute approximate surface area is 149 Å². The van der Waals surface area contributed by atoms with Crippen LogP contribution in [-0.2, 0) is 11.2 Å². The third-order valence-electron chi connectivity index (χ3n) is 4.03. The molecule has 0 atom stereocenters. The number of anilines is 1. The van der Waals surface area contributed by atoms with Gasteiger partial charge in [-0.05, 0) is 31.9 Å². The van der Waals surface area contributed by atoms with Gasteiger partial charge in [0.1, 0.15) is 10.8 Å². The number of fused-ring (bicyclic) bond motifs is 1. The Morgan fingerprint density at radius 3 is 3.00 bits per heavy atom. The molecule has 0 aliphatic heterocycles. The molecule has 8 heteroatoms. The lowest BCUT2D eigenvalue weighted by Gasteiger charge is -2.10. The fraction of sp³-hybridized carbons (Fsp3) is 0.412. The lowest BCUT2D eigenvalue weighted by Crippen LogP contribution is -2.13. The first-order valence-corrected chi connectivity index (χ1v) is 9.29. The number of carbonyl (C=O) groups is 1. The van der Waals surface area contributed by atoms with Gasteiger partial charge in [-0.3, -0.25) is 4.79 Å². The molecule has 7 nitrogen and oxygen atoms in total. The first-order valence-electron chi connectivity index (χ1n) is 8.47. The Balaban J connectivity index is 1.39. The van der Waals surface area contributed by atoms with Crippen LogP contribution in [0, 0.1) is 0 Å². The third kappa shape index (κ3) is 3.48. The van der Waals surface area contributed by atoms with Crippen LogP contribution in [0.4, 0.5) is 5.69 Å². The summed E-state index contributed by atoms with van der Waals surface area (Å²) in [6, 6.07) is 7.45. The molecule has 0 bridgehead atoms. The van der Waals surface area contributed by atoms with Gasteiger partial charge < -0.3 is 10.1 Å². The number of benzene rings is 1. The third-order valence-corrected chi connectivity index (χ3v) is 4.98. The second-order valence-corrected chi connectivity index (χ2v) is 7.04. The summed E-state index contributed by atoms with van der Waals surface area (Å²) < 4.78 is 7.36. The topological polar surface area (TPSA) is 81.4 Å². The molecule has 0 unspecified atom stereocenters. The molecule has 1 fully saturated rings. The molecule has 1 amide bonds. The van der Waals surface area contributed by atoms with Gasteiger partial charge >= 0.3 is 0 Å². The zero-order chi connectivity index (χ0) is 17.2. The molecule has 4 rings (SSSR count). The van der Waals surface area contributed by atoms with E-state index in [9.17, 15) is 4.79 Å². The average Bonchev–Trinajstić information content (AvgIpc) is 3.24. The number of rotatable bonds is 7. The van der Waals surface area contributed by atoms with Crippen molar-refractivity contribution < 1.29 is 9.53 Å². The van der Waals surface area contributed by atoms with Gasteiger partial charge in [-0.15, -0.1) is 10.2 Å². The quantitative estimate of drug-likeness (QED) is 0.703. The Kier molecular flexibility index (Phi) is 4.35. The maximum absolute atomic E-state index is 12.3. The number of carbonyl (C=O) groups excluding carboxylic acids is 1. The predicted molar refractivity (Wildman–Crippen MR) is 95.2 cm³/mol. The van der Waals surface area contributed by atoms with Crippen molar-refractivity contribution in [3.8, 4) is 5.75 Å². The highest BCUT2D eigenvalue weighted by Gasteiger charge is 2.30. The zero-order valence-corrected chi connectivity index (χ0v) is 14.8. The monoisotopic (exact) mass is 357 g/mol. The van der Waals surface area contributed by atoms with Crippen molar-refractivity contribution in [1.82, 2.24) is 19.8 Å². The van der Waals surface area contributed by atoms with E-state index in [1.54, 1.807) is 0 Å². The molecule has 1 aromatic carbocycles. The Hall–Kier alpha value is -2.48. The van der Waals surface area contributed by atoms with Crippen LogP contribution in [0.1, 0.15) is 42.9 Å². The molecule has 3 aromatic rings. The van der Waals surface area contributed by atoms with Gasteiger partial charge in [-0.2, -0.15) is 9.61 Å². The van der Waals surface area contributed by atoms with E-state index in [-0.39, 0.29) is 5.91 Å². The first-order chi connectivity index (χ1) is 12.2. The summed E-state index contributed by atoms with van der Waals surface area (Å²) in [7, 11) is 0. The summed E-state index contributed by atoms with van der Waals surface area (Å²) in [6.07, 6.45) is 3.27. The number of hydrogen-bond acceptors (Lipinski definition) is 6. The maximum atomic E-state index is 12.3. The molecule has 1 N–H and O–H groups in total. The molecule has 0 radical (unpaired) electrons. The summed E-state index contributed by atoms with van der Waals surface area (Å²) in [4.78, 5) is 13.1. The number of amides is 1. The molecule has 0 saturated heterocycles. The lowest BCUT2D eigenvalue weighted by atomic mass is 10.2. The number of nitrogens with one attached hydrogen (secondary N) is 1. The number of para-hydroxylation sites is 2. The van der Waals surface area contributed by atoms with Crippen LogP contribution in [0.15, 0.2) is 24.3 Å². The number of aromatic nitrogens is 4. The second-order valence-electron chi connectivity index (χ2n) is 6.00. The van der Waals surface area contributed by atoms with Crippen molar-refractivity contribution >= 4 is 27.9 Å². The van der Waals surface area contributed by atoms with E-state index in [4.69, 9.17) is 4.74 Å². The highest BCUT2D eigenvalue weighted by molar-refractivity contribution is 7.16. The molecule has 130 valence electrons. The number of hydrogen-bond donors (Lipinski definition) is 1. The molecule has 25 heavy (non-hydrogen) atoms. The van der Waals surface area contributed by atoms with Crippen molar-refractivity contribution in [2.45, 2.75) is 38.5 Å². The van der Waals surface area contributed by atoms with Crippen molar-refractivity contribution in [2.24, 2.45) is 0 Å². The summed E-state index contributed by atoms with van der Waals surface area (Å²) in [6.45, 7) is 2.48. The standard InChI is InChI=1S/C17H19N5O2S/c1-2-24-13-6-4-3-5-12(13)18-14(23)9-10-15-21-22-16(11-7-8-11)19-20-17(22)25-15/h3-6,11H,2,7-10H2,1H3,(H,18,23). The minimum atomic E-state index is -0.0551. The van der Waals surface area contributed by atoms with Crippen LogP contribution in [0.5, 0.6) is 5.75 Å². The summed E-state index contributed by atoms with van der Waals surface area (Å²) in [5, 5.41) is 16.8. The van der Waals surface area contributed by atoms with Crippen LogP contribution in [-0.4, -0.2) is 32.3 Å². The molecular weight excluding hydrogens is 338 g/mol. The van der Waals surface area contributed by atoms with E-state index >= 15 is 0 Å². The van der Waals surface area contributed by atoms with Crippen molar-refractivity contribution in [1.29, 1.82) is 0 Å². The van der Waals surface area contributed by atoms with E-state index in [2.05, 4.69) is 20.6 Å². The van der Waals surface area contributed by atoms with Gasteiger partial charge in [-0.1, -0.05) is 23.5 Å². The van der Waals surface area contributed by atoms with Crippen LogP contribution in [0.25, 0.3) is 4.96 Å². The van der Waals surface area contributed by atoms with E-state index < -0.39 is 0 Å². The van der Waals surface area contributed by atoms with E-state index in [1.807, 2.05) is 35.7 Å². The van der Waals surface area contributed by atoms with Crippen LogP contribution in [0.2, 0.25) is 0 Å². The minimum Gasteiger partial charge on any atom is -0.492 e. The fourth-order valence-electron chi connectivity index (χ4n) is 2.65. The van der Waals surface area contributed by atoms with Crippen molar-refractivity contribution in [2.75, 3.05) is 11.9 Å². The van der Waals surface area contributed by atoms with E-state index in [0.717, 1.165) is 28.6 Å². The molecule has 1 aliphatic carbocycles. The van der Waals surface area contributed by atoms with E-state index in [0.29, 0.717) is 36.8 Å². The molecule has 2 aromatic heterocycles. The summed E-state index contributed by atoms with van der Waals surface area (Å²) in [5.41, 5.74) is 0.698. The van der Waals surface area contributed by atoms with Gasteiger partial charge in [0.2, 0.25) is 10.9 Å². The van der Waals surface area contributed by atoms with Crippen molar-refractivity contribution in [3.63, 3.8) is 0 Å². The van der Waals surface area contributed by atoms with Gasteiger partial charge in [0.15, 0.2) is 5.82 Å². The number of aryl methyl sites for hydroxylation is 1. The van der Waals surface area contributed by atoms with Gasteiger partial charge in [0.25, 0.3) is 0 Å². The molecule has 1 saturated carbocycles. The molecular formula is C17H19N5O2S. The molecule has 0 spiro atoms. The molecule has 2 heterocycles. The van der Waals surface area contributed by atoms with Gasteiger partial charge in [-0.25, -0.2) is 0 Å². The largest absolute Gasteiger partial charge is 0.492 e. The number of nitrogens with zero attached hydrogens (tertiary/aromatic N) is 4. The Bertz CT molecular complexity index is 899. The Morgan fingerprint density at radius 1 is 1.36 bits per heavy atom. The van der Waals surface area contributed by atoms with Gasteiger partial charge in [0, 0.05) is 18.8 Å². The maximum Gasteiger partial charge on any atom is 0.234 e. The van der Waals surface area contributed by atoms with Crippen molar-refractivity contribution in [3.05, 3.63) is 35.1 Å².